The lowest BCUT2D eigenvalue weighted by Crippen LogP contribution is -2.40. The van der Waals surface area contributed by atoms with Gasteiger partial charge in [-0.1, -0.05) is 0 Å². The smallest absolute Gasteiger partial charge is 0.237 e. The molecule has 1 aromatic rings. The number of hydrogen-bond acceptors (Lipinski definition) is 6. The lowest BCUT2D eigenvalue weighted by atomic mass is 10.4. The summed E-state index contributed by atoms with van der Waals surface area (Å²) in [5, 5.41) is 0. The highest BCUT2D eigenvalue weighted by atomic mass is 79.9. The van der Waals surface area contributed by atoms with Crippen molar-refractivity contribution >= 4 is 33.7 Å². The molecule has 0 saturated carbocycles. The van der Waals surface area contributed by atoms with E-state index in [1.165, 1.54) is 18.2 Å². The summed E-state index contributed by atoms with van der Waals surface area (Å²) < 4.78 is 5.54. The van der Waals surface area contributed by atoms with E-state index in [9.17, 15) is 9.59 Å². The van der Waals surface area contributed by atoms with Crippen LogP contribution in [0, 0.1) is 0 Å². The van der Waals surface area contributed by atoms with Crippen molar-refractivity contribution in [1.82, 2.24) is 9.97 Å². The van der Waals surface area contributed by atoms with Gasteiger partial charge in [0.15, 0.2) is 0 Å². The molecule has 0 aromatic carbocycles. The largest absolute Gasteiger partial charge is 0.480 e. The highest BCUT2D eigenvalue weighted by Crippen LogP contribution is 2.23. The maximum absolute atomic E-state index is 10.9. The molecule has 1 heterocycles. The third-order valence-corrected chi connectivity index (χ3v) is 2.41. The minimum Gasteiger partial charge on any atom is -0.480 e. The third kappa shape index (κ3) is 3.84. The quantitative estimate of drug-likeness (QED) is 0.695. The highest BCUT2D eigenvalue weighted by molar-refractivity contribution is 9.10. The molecule has 98 valence electrons. The number of hydrogen-bond donors (Lipinski definition) is 2. The van der Waals surface area contributed by atoms with Crippen LogP contribution in [0.1, 0.15) is 0 Å². The van der Waals surface area contributed by atoms with Gasteiger partial charge in [-0.25, -0.2) is 4.98 Å². The van der Waals surface area contributed by atoms with Crippen molar-refractivity contribution in [2.24, 2.45) is 11.5 Å². The van der Waals surface area contributed by atoms with Crippen LogP contribution < -0.4 is 21.1 Å². The minimum atomic E-state index is -0.623. The molecule has 0 atom stereocenters. The molecule has 0 aliphatic heterocycles. The highest BCUT2D eigenvalue weighted by Gasteiger charge is 2.16. The molecular weight excluding hydrogens is 306 g/mol. The van der Waals surface area contributed by atoms with Crippen LogP contribution in [0.4, 0.5) is 5.95 Å². The number of methoxy groups -OCH3 is 1. The van der Waals surface area contributed by atoms with Crippen molar-refractivity contribution < 1.29 is 14.3 Å². The van der Waals surface area contributed by atoms with Crippen LogP contribution in [0.25, 0.3) is 0 Å². The van der Waals surface area contributed by atoms with Crippen molar-refractivity contribution in [3.63, 3.8) is 0 Å². The molecule has 0 radical (unpaired) electrons. The monoisotopic (exact) mass is 317 g/mol. The molecule has 9 heteroatoms. The number of primary amides is 2. The van der Waals surface area contributed by atoms with Gasteiger partial charge >= 0.3 is 0 Å². The standard InChI is InChI=1S/C9H12BrN5O3/c1-18-8-5(10)2-13-9(14-8)15(3-6(11)16)4-7(12)17/h2H,3-4H2,1H3,(H2,11,16)(H2,12,17). The SMILES string of the molecule is COc1nc(N(CC(N)=O)CC(N)=O)ncc1Br. The molecule has 18 heavy (non-hydrogen) atoms. The van der Waals surface area contributed by atoms with E-state index < -0.39 is 11.8 Å². The maximum atomic E-state index is 10.9. The number of halogens is 1. The second kappa shape index (κ2) is 6.15. The van der Waals surface area contributed by atoms with E-state index in [1.54, 1.807) is 0 Å². The Kier molecular flexibility index (Phi) is 4.84. The zero-order chi connectivity index (χ0) is 13.7. The van der Waals surface area contributed by atoms with Crippen molar-refractivity contribution in [1.29, 1.82) is 0 Å². The van der Waals surface area contributed by atoms with Crippen LogP contribution in [0.5, 0.6) is 5.88 Å². The summed E-state index contributed by atoms with van der Waals surface area (Å²) in [6.07, 6.45) is 1.44. The molecular formula is C9H12BrN5O3. The average Bonchev–Trinajstić information content (AvgIpc) is 2.27. The fourth-order valence-corrected chi connectivity index (χ4v) is 1.56. The summed E-state index contributed by atoms with van der Waals surface area (Å²) in [5.74, 6) is -0.838. The Morgan fingerprint density at radius 3 is 2.39 bits per heavy atom. The van der Waals surface area contributed by atoms with Crippen molar-refractivity contribution in [2.75, 3.05) is 25.1 Å². The van der Waals surface area contributed by atoms with Gasteiger partial charge in [-0.15, -0.1) is 0 Å². The molecule has 0 bridgehead atoms. The summed E-state index contributed by atoms with van der Waals surface area (Å²) in [6.45, 7) is -0.429. The molecule has 1 aromatic heterocycles. The number of rotatable bonds is 6. The van der Waals surface area contributed by atoms with Gasteiger partial charge in [0.2, 0.25) is 23.6 Å². The van der Waals surface area contributed by atoms with E-state index in [-0.39, 0.29) is 24.9 Å². The molecule has 4 N–H and O–H groups in total. The number of nitrogens with two attached hydrogens (primary N) is 2. The number of carbonyl (C=O) groups excluding carboxylic acids is 2. The first-order chi connectivity index (χ1) is 8.43. The number of aromatic nitrogens is 2. The molecule has 0 fully saturated rings. The van der Waals surface area contributed by atoms with E-state index in [0.29, 0.717) is 4.47 Å². The molecule has 0 saturated heterocycles. The predicted molar refractivity (Wildman–Crippen MR) is 66.9 cm³/mol. The lowest BCUT2D eigenvalue weighted by Gasteiger charge is -2.19. The number of ether oxygens (including phenoxy) is 1. The Bertz CT molecular complexity index is 452. The Balaban J connectivity index is 3.03. The Labute approximate surface area is 111 Å². The van der Waals surface area contributed by atoms with Gasteiger partial charge in [0.1, 0.15) is 13.1 Å². The van der Waals surface area contributed by atoms with Gasteiger partial charge in [0.25, 0.3) is 0 Å². The fraction of sp³-hybridized carbons (Fsp3) is 0.333. The molecule has 0 aliphatic carbocycles. The molecule has 8 nitrogen and oxygen atoms in total. The Hall–Kier alpha value is -1.90. The summed E-state index contributed by atoms with van der Waals surface area (Å²) in [5.41, 5.74) is 10.2. The summed E-state index contributed by atoms with van der Waals surface area (Å²) in [4.78, 5) is 31.1. The van der Waals surface area contributed by atoms with Gasteiger partial charge < -0.3 is 21.1 Å². The molecule has 0 spiro atoms. The zero-order valence-corrected chi connectivity index (χ0v) is 11.2. The van der Waals surface area contributed by atoms with Crippen LogP contribution in [0.3, 0.4) is 0 Å². The average molecular weight is 318 g/mol. The summed E-state index contributed by atoms with van der Waals surface area (Å²) in [6, 6.07) is 0. The summed E-state index contributed by atoms with van der Waals surface area (Å²) in [7, 11) is 1.43. The van der Waals surface area contributed by atoms with E-state index >= 15 is 0 Å². The van der Waals surface area contributed by atoms with Crippen LogP contribution >= 0.6 is 15.9 Å². The third-order valence-electron chi connectivity index (χ3n) is 1.87. The number of nitrogens with zero attached hydrogens (tertiary/aromatic N) is 3. The van der Waals surface area contributed by atoms with Gasteiger partial charge in [0, 0.05) is 0 Å². The zero-order valence-electron chi connectivity index (χ0n) is 9.59. The van der Waals surface area contributed by atoms with E-state index in [0.717, 1.165) is 0 Å². The van der Waals surface area contributed by atoms with Gasteiger partial charge in [-0.05, 0) is 15.9 Å². The molecule has 1 rings (SSSR count). The van der Waals surface area contributed by atoms with Crippen LogP contribution in [-0.4, -0.2) is 42.0 Å². The Morgan fingerprint density at radius 1 is 1.39 bits per heavy atom. The van der Waals surface area contributed by atoms with Crippen LogP contribution in [0.2, 0.25) is 0 Å². The molecule has 2 amide bonds. The second-order valence-corrected chi connectivity index (χ2v) is 4.17. The molecule has 0 unspecified atom stereocenters. The van der Waals surface area contributed by atoms with E-state index in [4.69, 9.17) is 16.2 Å². The lowest BCUT2D eigenvalue weighted by molar-refractivity contribution is -0.117. The van der Waals surface area contributed by atoms with E-state index in [1.807, 2.05) is 0 Å². The first-order valence-electron chi connectivity index (χ1n) is 4.82. The number of carbonyl (C=O) groups is 2. The summed E-state index contributed by atoms with van der Waals surface area (Å²) >= 11 is 3.19. The van der Waals surface area contributed by atoms with Gasteiger partial charge in [-0.2, -0.15) is 4.98 Å². The number of amides is 2. The minimum absolute atomic E-state index is 0.132. The predicted octanol–water partition coefficient (Wildman–Crippen LogP) is -0.975. The van der Waals surface area contributed by atoms with Gasteiger partial charge in [0.05, 0.1) is 17.8 Å². The normalized spacial score (nSPS) is 9.89. The van der Waals surface area contributed by atoms with Crippen molar-refractivity contribution in [3.8, 4) is 5.88 Å². The topological polar surface area (TPSA) is 124 Å². The Morgan fingerprint density at radius 2 is 1.94 bits per heavy atom. The molecule has 0 aliphatic rings. The van der Waals surface area contributed by atoms with Gasteiger partial charge in [-0.3, -0.25) is 9.59 Å². The van der Waals surface area contributed by atoms with Crippen molar-refractivity contribution in [2.45, 2.75) is 0 Å². The first-order valence-corrected chi connectivity index (χ1v) is 5.61. The van der Waals surface area contributed by atoms with Crippen LogP contribution in [0.15, 0.2) is 10.7 Å². The maximum Gasteiger partial charge on any atom is 0.237 e. The first kappa shape index (κ1) is 14.2. The van der Waals surface area contributed by atoms with E-state index in [2.05, 4.69) is 25.9 Å². The second-order valence-electron chi connectivity index (χ2n) is 3.32. The van der Waals surface area contributed by atoms with Crippen molar-refractivity contribution in [3.05, 3.63) is 10.7 Å². The number of anilines is 1. The fourth-order valence-electron chi connectivity index (χ4n) is 1.21. The van der Waals surface area contributed by atoms with Crippen LogP contribution in [-0.2, 0) is 9.59 Å².